The van der Waals surface area contributed by atoms with Crippen LogP contribution in [0.5, 0.6) is 5.88 Å². The van der Waals surface area contributed by atoms with Crippen LogP contribution in [0.1, 0.15) is 46.0 Å². The minimum Gasteiger partial charge on any atom is -0.478 e. The third-order valence-corrected chi connectivity index (χ3v) is 6.84. The van der Waals surface area contributed by atoms with E-state index in [1.807, 2.05) is 24.3 Å². The van der Waals surface area contributed by atoms with Crippen LogP contribution in [-0.2, 0) is 4.79 Å². The highest BCUT2D eigenvalue weighted by Gasteiger charge is 2.33. The molecule has 1 aliphatic carbocycles. The minimum atomic E-state index is -0.0221. The van der Waals surface area contributed by atoms with E-state index in [0.717, 1.165) is 42.7 Å². The number of benzene rings is 1. The van der Waals surface area contributed by atoms with Crippen molar-refractivity contribution in [2.24, 2.45) is 17.8 Å². The largest absolute Gasteiger partial charge is 0.478 e. The summed E-state index contributed by atoms with van der Waals surface area (Å²) in [5.74, 6) is 2.65. The van der Waals surface area contributed by atoms with Crippen molar-refractivity contribution in [2.75, 3.05) is 25.1 Å². The van der Waals surface area contributed by atoms with Gasteiger partial charge in [0.25, 0.3) is 5.88 Å². The van der Waals surface area contributed by atoms with Crippen molar-refractivity contribution in [3.05, 3.63) is 24.3 Å². The maximum absolute atomic E-state index is 13.1. The van der Waals surface area contributed by atoms with E-state index >= 15 is 0 Å². The van der Waals surface area contributed by atoms with Crippen LogP contribution in [0.4, 0.5) is 5.82 Å². The fourth-order valence-corrected chi connectivity index (χ4v) is 4.79. The zero-order chi connectivity index (χ0) is 20.4. The number of ether oxygens (including phenoxy) is 1. The van der Waals surface area contributed by atoms with Crippen LogP contribution >= 0.6 is 0 Å². The van der Waals surface area contributed by atoms with Gasteiger partial charge in [0.05, 0.1) is 24.1 Å². The van der Waals surface area contributed by atoms with E-state index in [1.54, 1.807) is 7.11 Å². The van der Waals surface area contributed by atoms with E-state index in [0.29, 0.717) is 30.3 Å². The van der Waals surface area contributed by atoms with Gasteiger partial charge in [0.15, 0.2) is 5.82 Å². The Labute approximate surface area is 173 Å². The number of nitrogens with one attached hydrogen (secondary N) is 1. The van der Waals surface area contributed by atoms with Crippen molar-refractivity contribution in [2.45, 2.75) is 52.0 Å². The molecule has 6 heteroatoms. The number of nitrogens with zero attached hydrogens (tertiary/aromatic N) is 3. The van der Waals surface area contributed by atoms with Crippen LogP contribution in [0.15, 0.2) is 24.3 Å². The second-order valence-electron chi connectivity index (χ2n) is 8.71. The molecule has 1 saturated heterocycles. The van der Waals surface area contributed by atoms with E-state index in [2.05, 4.69) is 29.0 Å². The summed E-state index contributed by atoms with van der Waals surface area (Å²) in [4.78, 5) is 24.7. The molecular formula is C23H32N4O2. The summed E-state index contributed by atoms with van der Waals surface area (Å²) < 4.78 is 5.53. The Morgan fingerprint density at radius 2 is 1.86 bits per heavy atom. The highest BCUT2D eigenvalue weighted by molar-refractivity contribution is 5.81. The quantitative estimate of drug-likeness (QED) is 0.851. The summed E-state index contributed by atoms with van der Waals surface area (Å²) in [7, 11) is 1.63. The van der Waals surface area contributed by atoms with Crippen molar-refractivity contribution < 1.29 is 9.53 Å². The third-order valence-electron chi connectivity index (χ3n) is 6.84. The Morgan fingerprint density at radius 3 is 2.62 bits per heavy atom. The van der Waals surface area contributed by atoms with Crippen LogP contribution in [0.25, 0.3) is 11.0 Å². The summed E-state index contributed by atoms with van der Waals surface area (Å²) >= 11 is 0. The minimum absolute atomic E-state index is 0.0221. The molecule has 1 aliphatic heterocycles. The summed E-state index contributed by atoms with van der Waals surface area (Å²) in [6.07, 6.45) is 5.45. The number of hydrogen-bond donors (Lipinski definition) is 1. The normalized spacial score (nSPS) is 27.6. The lowest BCUT2D eigenvalue weighted by molar-refractivity contribution is -0.126. The van der Waals surface area contributed by atoms with E-state index in [1.165, 1.54) is 12.8 Å². The number of hydrogen-bond acceptors (Lipinski definition) is 5. The molecule has 2 fully saturated rings. The summed E-state index contributed by atoms with van der Waals surface area (Å²) in [6.45, 7) is 6.10. The highest BCUT2D eigenvalue weighted by atomic mass is 16.5. The first kappa shape index (κ1) is 19.9. The lowest BCUT2D eigenvalue weighted by Crippen LogP contribution is -2.49. The first-order chi connectivity index (χ1) is 14.1. The standard InChI is InChI=1S/C23H32N4O2/c1-15-8-6-12-18(16(15)2)25-22(28)17-9-7-13-27(14-17)21-23(29-3)26-20-11-5-4-10-19(20)24-21/h4-5,10-11,15-18H,6-9,12-14H2,1-3H3,(H,25,28)/t15-,16+,17-,18+/m0/s1. The van der Waals surface area contributed by atoms with Gasteiger partial charge in [-0.3, -0.25) is 4.79 Å². The Balaban J connectivity index is 1.49. The predicted octanol–water partition coefficient (Wildman–Crippen LogP) is 3.80. The summed E-state index contributed by atoms with van der Waals surface area (Å²) in [6, 6.07) is 8.12. The number of methoxy groups -OCH3 is 1. The van der Waals surface area contributed by atoms with Gasteiger partial charge in [-0.2, -0.15) is 0 Å². The molecule has 0 bridgehead atoms. The number of piperidine rings is 1. The molecule has 29 heavy (non-hydrogen) atoms. The number of fused-ring (bicyclic) bond motifs is 1. The van der Waals surface area contributed by atoms with E-state index in [-0.39, 0.29) is 11.8 Å². The van der Waals surface area contributed by atoms with Gasteiger partial charge in [-0.25, -0.2) is 9.97 Å². The first-order valence-corrected chi connectivity index (χ1v) is 10.9. The Kier molecular flexibility index (Phi) is 5.88. The molecule has 2 aliphatic rings. The maximum atomic E-state index is 13.1. The average molecular weight is 397 g/mol. The van der Waals surface area contributed by atoms with Crippen LogP contribution < -0.4 is 15.0 Å². The number of para-hydroxylation sites is 2. The summed E-state index contributed by atoms with van der Waals surface area (Å²) in [5.41, 5.74) is 1.67. The molecule has 0 unspecified atom stereocenters. The molecule has 156 valence electrons. The molecule has 6 nitrogen and oxygen atoms in total. The van der Waals surface area contributed by atoms with E-state index < -0.39 is 0 Å². The molecule has 1 aromatic carbocycles. The first-order valence-electron chi connectivity index (χ1n) is 10.9. The molecule has 2 aromatic rings. The lowest BCUT2D eigenvalue weighted by Gasteiger charge is -2.37. The lowest BCUT2D eigenvalue weighted by atomic mass is 9.78. The van der Waals surface area contributed by atoms with Gasteiger partial charge in [0, 0.05) is 19.1 Å². The number of aromatic nitrogens is 2. The molecule has 4 rings (SSSR count). The number of carbonyl (C=O) groups is 1. The van der Waals surface area contributed by atoms with Crippen molar-refractivity contribution in [3.8, 4) is 5.88 Å². The number of rotatable bonds is 4. The SMILES string of the molecule is COc1nc2ccccc2nc1N1CCC[C@H](C(=O)N[C@@H]2CCC[C@H](C)[C@H]2C)C1. The van der Waals surface area contributed by atoms with Crippen molar-refractivity contribution in [1.29, 1.82) is 0 Å². The molecule has 1 aromatic heterocycles. The van der Waals surface area contributed by atoms with Crippen LogP contribution in [0.2, 0.25) is 0 Å². The molecule has 4 atom stereocenters. The average Bonchev–Trinajstić information content (AvgIpc) is 2.76. The smallest absolute Gasteiger partial charge is 0.257 e. The van der Waals surface area contributed by atoms with Gasteiger partial charge in [-0.15, -0.1) is 0 Å². The highest BCUT2D eigenvalue weighted by Crippen LogP contribution is 2.32. The van der Waals surface area contributed by atoms with Crippen LogP contribution in [0.3, 0.4) is 0 Å². The fraction of sp³-hybridized carbons (Fsp3) is 0.609. The molecular weight excluding hydrogens is 364 g/mol. The van der Waals surface area contributed by atoms with Gasteiger partial charge >= 0.3 is 0 Å². The zero-order valence-electron chi connectivity index (χ0n) is 17.7. The molecule has 0 spiro atoms. The van der Waals surface area contributed by atoms with Gasteiger partial charge in [0.2, 0.25) is 5.91 Å². The van der Waals surface area contributed by atoms with Crippen LogP contribution in [0, 0.1) is 17.8 Å². The molecule has 0 radical (unpaired) electrons. The molecule has 1 saturated carbocycles. The fourth-order valence-electron chi connectivity index (χ4n) is 4.79. The predicted molar refractivity (Wildman–Crippen MR) is 115 cm³/mol. The number of amides is 1. The topological polar surface area (TPSA) is 67.4 Å². The number of anilines is 1. The van der Waals surface area contributed by atoms with Crippen molar-refractivity contribution in [3.63, 3.8) is 0 Å². The second kappa shape index (κ2) is 8.56. The second-order valence-corrected chi connectivity index (χ2v) is 8.71. The Morgan fingerprint density at radius 1 is 1.10 bits per heavy atom. The molecule has 2 heterocycles. The zero-order valence-corrected chi connectivity index (χ0v) is 17.7. The van der Waals surface area contributed by atoms with Gasteiger partial charge in [-0.05, 0) is 43.2 Å². The van der Waals surface area contributed by atoms with Gasteiger partial charge < -0.3 is 15.0 Å². The molecule has 1 N–H and O–H groups in total. The van der Waals surface area contributed by atoms with Crippen molar-refractivity contribution in [1.82, 2.24) is 15.3 Å². The monoisotopic (exact) mass is 396 g/mol. The van der Waals surface area contributed by atoms with Crippen LogP contribution in [-0.4, -0.2) is 42.1 Å². The third kappa shape index (κ3) is 4.16. The van der Waals surface area contributed by atoms with E-state index in [4.69, 9.17) is 9.72 Å². The van der Waals surface area contributed by atoms with E-state index in [9.17, 15) is 4.79 Å². The number of carbonyl (C=O) groups excluding carboxylic acids is 1. The maximum Gasteiger partial charge on any atom is 0.257 e. The van der Waals surface area contributed by atoms with Crippen molar-refractivity contribution >= 4 is 22.8 Å². The van der Waals surface area contributed by atoms with Gasteiger partial charge in [0.1, 0.15) is 0 Å². The van der Waals surface area contributed by atoms with Gasteiger partial charge in [-0.1, -0.05) is 38.8 Å². The molecule has 1 amide bonds. The summed E-state index contributed by atoms with van der Waals surface area (Å²) in [5, 5.41) is 3.37. The Hall–Kier alpha value is -2.37. The Bertz CT molecular complexity index is 871.